The minimum Gasteiger partial charge on any atom is -0.389 e. The van der Waals surface area contributed by atoms with Gasteiger partial charge in [-0.15, -0.1) is 0 Å². The second-order valence-electron chi connectivity index (χ2n) is 4.94. The van der Waals surface area contributed by atoms with Crippen molar-refractivity contribution in [3.05, 3.63) is 66.1 Å². The zero-order chi connectivity index (χ0) is 14.8. The SMILES string of the molecule is CN(Cc1cn2ccccc2n1)c1ccccc1C(N)=S. The molecule has 0 aliphatic heterocycles. The number of nitrogens with zero attached hydrogens (tertiary/aromatic N) is 3. The zero-order valence-electron chi connectivity index (χ0n) is 11.7. The van der Waals surface area contributed by atoms with Gasteiger partial charge in [-0.1, -0.05) is 30.4 Å². The highest BCUT2D eigenvalue weighted by atomic mass is 32.1. The van der Waals surface area contributed by atoms with Crippen molar-refractivity contribution in [2.75, 3.05) is 11.9 Å². The van der Waals surface area contributed by atoms with E-state index in [-0.39, 0.29) is 0 Å². The Morgan fingerprint density at radius 3 is 2.76 bits per heavy atom. The quantitative estimate of drug-likeness (QED) is 0.752. The van der Waals surface area contributed by atoms with E-state index in [4.69, 9.17) is 18.0 Å². The van der Waals surface area contributed by atoms with Crippen LogP contribution in [0.5, 0.6) is 0 Å². The maximum Gasteiger partial charge on any atom is 0.137 e. The normalized spacial score (nSPS) is 10.7. The first kappa shape index (κ1) is 13.6. The summed E-state index contributed by atoms with van der Waals surface area (Å²) >= 11 is 5.12. The number of hydrogen-bond acceptors (Lipinski definition) is 3. The van der Waals surface area contributed by atoms with E-state index in [1.165, 1.54) is 0 Å². The fraction of sp³-hybridized carbons (Fsp3) is 0.125. The fourth-order valence-electron chi connectivity index (χ4n) is 2.41. The standard InChI is InChI=1S/C16H16N4S/c1-19(14-7-3-2-6-13(14)16(17)21)10-12-11-20-9-5-4-8-15(20)18-12/h2-9,11H,10H2,1H3,(H2,17,21). The highest BCUT2D eigenvalue weighted by Crippen LogP contribution is 2.21. The molecule has 0 fully saturated rings. The molecule has 0 aliphatic carbocycles. The van der Waals surface area contributed by atoms with E-state index in [0.717, 1.165) is 22.6 Å². The van der Waals surface area contributed by atoms with Gasteiger partial charge in [0, 0.05) is 30.7 Å². The van der Waals surface area contributed by atoms with Crippen LogP contribution in [0.2, 0.25) is 0 Å². The molecule has 3 aromatic rings. The van der Waals surface area contributed by atoms with Crippen LogP contribution in [0, 0.1) is 0 Å². The van der Waals surface area contributed by atoms with Gasteiger partial charge in [0.2, 0.25) is 0 Å². The van der Waals surface area contributed by atoms with E-state index < -0.39 is 0 Å². The fourth-order valence-corrected chi connectivity index (χ4v) is 2.58. The second-order valence-corrected chi connectivity index (χ2v) is 5.38. The predicted octanol–water partition coefficient (Wildman–Crippen LogP) is 2.60. The molecule has 0 aliphatic rings. The van der Waals surface area contributed by atoms with Crippen LogP contribution in [0.25, 0.3) is 5.65 Å². The van der Waals surface area contributed by atoms with Gasteiger partial charge in [-0.2, -0.15) is 0 Å². The minimum absolute atomic E-state index is 0.410. The van der Waals surface area contributed by atoms with Crippen LogP contribution >= 0.6 is 12.2 Å². The number of para-hydroxylation sites is 1. The van der Waals surface area contributed by atoms with Crippen molar-refractivity contribution < 1.29 is 0 Å². The molecular formula is C16H16N4S. The summed E-state index contributed by atoms with van der Waals surface area (Å²) < 4.78 is 2.02. The summed E-state index contributed by atoms with van der Waals surface area (Å²) in [5.74, 6) is 0. The summed E-state index contributed by atoms with van der Waals surface area (Å²) in [6.07, 6.45) is 4.03. The number of thiocarbonyl (C=S) groups is 1. The van der Waals surface area contributed by atoms with Crippen LogP contribution in [-0.4, -0.2) is 21.4 Å². The lowest BCUT2D eigenvalue weighted by atomic mass is 10.1. The van der Waals surface area contributed by atoms with Crippen molar-refractivity contribution in [2.24, 2.45) is 5.73 Å². The molecule has 4 nitrogen and oxygen atoms in total. The lowest BCUT2D eigenvalue weighted by molar-refractivity contribution is 0.895. The molecule has 5 heteroatoms. The van der Waals surface area contributed by atoms with Gasteiger partial charge < -0.3 is 15.0 Å². The molecule has 0 amide bonds. The van der Waals surface area contributed by atoms with E-state index in [2.05, 4.69) is 9.88 Å². The van der Waals surface area contributed by atoms with E-state index in [1.54, 1.807) is 0 Å². The maximum absolute atomic E-state index is 5.79. The highest BCUT2D eigenvalue weighted by molar-refractivity contribution is 7.80. The Balaban J connectivity index is 1.89. The van der Waals surface area contributed by atoms with E-state index in [0.29, 0.717) is 11.5 Å². The van der Waals surface area contributed by atoms with Gasteiger partial charge in [-0.3, -0.25) is 0 Å². The molecule has 0 spiro atoms. The predicted molar refractivity (Wildman–Crippen MR) is 89.6 cm³/mol. The first-order chi connectivity index (χ1) is 10.1. The van der Waals surface area contributed by atoms with Crippen molar-refractivity contribution in [1.82, 2.24) is 9.38 Å². The Hall–Kier alpha value is -2.40. The Morgan fingerprint density at radius 2 is 2.00 bits per heavy atom. The van der Waals surface area contributed by atoms with Gasteiger partial charge in [0.1, 0.15) is 10.6 Å². The molecule has 0 unspecified atom stereocenters. The molecule has 106 valence electrons. The lowest BCUT2D eigenvalue weighted by Crippen LogP contribution is -2.21. The number of pyridine rings is 1. The topological polar surface area (TPSA) is 46.6 Å². The Kier molecular flexibility index (Phi) is 3.58. The van der Waals surface area contributed by atoms with E-state index in [9.17, 15) is 0 Å². The molecule has 21 heavy (non-hydrogen) atoms. The molecule has 3 rings (SSSR count). The monoisotopic (exact) mass is 296 g/mol. The number of aromatic nitrogens is 2. The lowest BCUT2D eigenvalue weighted by Gasteiger charge is -2.21. The van der Waals surface area contributed by atoms with Crippen molar-refractivity contribution in [3.8, 4) is 0 Å². The molecule has 2 N–H and O–H groups in total. The van der Waals surface area contributed by atoms with Crippen molar-refractivity contribution in [2.45, 2.75) is 6.54 Å². The number of benzene rings is 1. The molecule has 0 saturated heterocycles. The summed E-state index contributed by atoms with van der Waals surface area (Å²) in [5, 5.41) is 0. The second kappa shape index (κ2) is 5.54. The number of nitrogens with two attached hydrogens (primary N) is 1. The number of fused-ring (bicyclic) bond motifs is 1. The van der Waals surface area contributed by atoms with Crippen LogP contribution < -0.4 is 10.6 Å². The first-order valence-electron chi connectivity index (χ1n) is 6.68. The molecule has 0 radical (unpaired) electrons. The maximum atomic E-state index is 5.79. The third-order valence-electron chi connectivity index (χ3n) is 3.39. The molecule has 1 aromatic carbocycles. The smallest absolute Gasteiger partial charge is 0.137 e. The summed E-state index contributed by atoms with van der Waals surface area (Å²) in [4.78, 5) is 7.13. The van der Waals surface area contributed by atoms with Crippen LogP contribution in [0.3, 0.4) is 0 Å². The Bertz CT molecular complexity index is 761. The Morgan fingerprint density at radius 1 is 1.24 bits per heavy atom. The van der Waals surface area contributed by atoms with Crippen LogP contribution in [-0.2, 0) is 6.54 Å². The molecular weight excluding hydrogens is 280 g/mol. The minimum atomic E-state index is 0.410. The van der Waals surface area contributed by atoms with Crippen molar-refractivity contribution in [1.29, 1.82) is 0 Å². The third-order valence-corrected chi connectivity index (χ3v) is 3.61. The van der Waals surface area contributed by atoms with Crippen molar-refractivity contribution in [3.63, 3.8) is 0 Å². The zero-order valence-corrected chi connectivity index (χ0v) is 12.5. The average molecular weight is 296 g/mol. The largest absolute Gasteiger partial charge is 0.389 e. The molecule has 0 saturated carbocycles. The van der Waals surface area contributed by atoms with Gasteiger partial charge >= 0.3 is 0 Å². The van der Waals surface area contributed by atoms with Crippen molar-refractivity contribution >= 4 is 28.5 Å². The number of anilines is 1. The highest BCUT2D eigenvalue weighted by Gasteiger charge is 2.11. The molecule has 0 bridgehead atoms. The van der Waals surface area contributed by atoms with E-state index in [1.807, 2.05) is 66.3 Å². The van der Waals surface area contributed by atoms with Gasteiger partial charge in [0.05, 0.1) is 12.2 Å². The number of rotatable bonds is 4. The summed E-state index contributed by atoms with van der Waals surface area (Å²) in [5.41, 5.74) is 9.64. The van der Waals surface area contributed by atoms with Gasteiger partial charge in [-0.25, -0.2) is 4.98 Å². The molecule has 2 aromatic heterocycles. The average Bonchev–Trinajstić information content (AvgIpc) is 2.89. The molecule has 0 atom stereocenters. The number of hydrogen-bond donors (Lipinski definition) is 1. The van der Waals surface area contributed by atoms with Crippen LogP contribution in [0.1, 0.15) is 11.3 Å². The Labute approximate surface area is 128 Å². The summed E-state index contributed by atoms with van der Waals surface area (Å²) in [6, 6.07) is 13.9. The van der Waals surface area contributed by atoms with Gasteiger partial charge in [0.15, 0.2) is 0 Å². The summed E-state index contributed by atoms with van der Waals surface area (Å²) in [7, 11) is 2.02. The van der Waals surface area contributed by atoms with Crippen LogP contribution in [0.4, 0.5) is 5.69 Å². The first-order valence-corrected chi connectivity index (χ1v) is 7.08. The van der Waals surface area contributed by atoms with Gasteiger partial charge in [0.25, 0.3) is 0 Å². The van der Waals surface area contributed by atoms with E-state index >= 15 is 0 Å². The van der Waals surface area contributed by atoms with Gasteiger partial charge in [-0.05, 0) is 24.3 Å². The third kappa shape index (κ3) is 2.73. The summed E-state index contributed by atoms with van der Waals surface area (Å²) in [6.45, 7) is 0.696. The number of imidazole rings is 1. The van der Waals surface area contributed by atoms with Crippen LogP contribution in [0.15, 0.2) is 54.9 Å². The molecule has 2 heterocycles.